The Bertz CT molecular complexity index is 546. The van der Waals surface area contributed by atoms with Crippen molar-refractivity contribution in [2.24, 2.45) is 0 Å². The number of hydrogen-bond acceptors (Lipinski definition) is 4. The topological polar surface area (TPSA) is 101 Å². The molecule has 0 aromatic heterocycles. The molecule has 0 fully saturated rings. The van der Waals surface area contributed by atoms with Gasteiger partial charge in [0, 0.05) is 23.7 Å². The lowest BCUT2D eigenvalue weighted by atomic mass is 10.1. The first-order chi connectivity index (χ1) is 8.75. The van der Waals surface area contributed by atoms with Gasteiger partial charge in [0.25, 0.3) is 11.6 Å². The number of nitrogens with zero attached hydrogens (tertiary/aromatic N) is 2. The van der Waals surface area contributed by atoms with E-state index < -0.39 is 22.8 Å². The second kappa shape index (κ2) is 5.79. The molecular formula is C11H11BrN2O5. The van der Waals surface area contributed by atoms with E-state index in [1.165, 1.54) is 26.1 Å². The summed E-state index contributed by atoms with van der Waals surface area (Å²) in [7, 11) is 1.33. The normalized spacial score (nSPS) is 11.7. The molecule has 8 heteroatoms. The summed E-state index contributed by atoms with van der Waals surface area (Å²) in [4.78, 5) is 34.0. The van der Waals surface area contributed by atoms with E-state index in [1.807, 2.05) is 0 Å². The van der Waals surface area contributed by atoms with Crippen LogP contribution in [0, 0.1) is 10.1 Å². The Morgan fingerprint density at radius 1 is 1.47 bits per heavy atom. The van der Waals surface area contributed by atoms with Crippen molar-refractivity contribution < 1.29 is 19.6 Å². The second-order valence-electron chi connectivity index (χ2n) is 3.85. The van der Waals surface area contributed by atoms with Gasteiger partial charge in [0.15, 0.2) is 0 Å². The number of aliphatic carboxylic acids is 1. The number of carbonyl (C=O) groups excluding carboxylic acids is 1. The number of hydrogen-bond donors (Lipinski definition) is 1. The Morgan fingerprint density at radius 3 is 2.53 bits per heavy atom. The highest BCUT2D eigenvalue weighted by molar-refractivity contribution is 9.10. The molecule has 0 radical (unpaired) electrons. The highest BCUT2D eigenvalue weighted by Gasteiger charge is 2.25. The zero-order chi connectivity index (χ0) is 14.7. The average molecular weight is 331 g/mol. The molecule has 1 N–H and O–H groups in total. The Morgan fingerprint density at radius 2 is 2.05 bits per heavy atom. The number of non-ortho nitro benzene ring substituents is 1. The van der Waals surface area contributed by atoms with Crippen molar-refractivity contribution in [3.8, 4) is 0 Å². The zero-order valence-corrected chi connectivity index (χ0v) is 11.7. The average Bonchev–Trinajstić information content (AvgIpc) is 2.36. The first-order valence-corrected chi connectivity index (χ1v) is 5.99. The number of likely N-dealkylation sites (N-methyl/N-ethyl adjacent to an activating group) is 1. The molecule has 0 aliphatic rings. The summed E-state index contributed by atoms with van der Waals surface area (Å²) in [5.74, 6) is -1.76. The maximum atomic E-state index is 12.1. The molecule has 7 nitrogen and oxygen atoms in total. The maximum absolute atomic E-state index is 12.1. The largest absolute Gasteiger partial charge is 0.480 e. The van der Waals surface area contributed by atoms with Crippen LogP contribution >= 0.6 is 15.9 Å². The van der Waals surface area contributed by atoms with Gasteiger partial charge in [-0.2, -0.15) is 0 Å². The van der Waals surface area contributed by atoms with Crippen LogP contribution in [0.2, 0.25) is 0 Å². The van der Waals surface area contributed by atoms with E-state index in [9.17, 15) is 19.7 Å². The highest BCUT2D eigenvalue weighted by atomic mass is 79.9. The van der Waals surface area contributed by atoms with Crippen molar-refractivity contribution in [2.45, 2.75) is 13.0 Å². The zero-order valence-electron chi connectivity index (χ0n) is 10.2. The summed E-state index contributed by atoms with van der Waals surface area (Å²) < 4.78 is 0.368. The van der Waals surface area contributed by atoms with Gasteiger partial charge in [-0.1, -0.05) is 0 Å². The van der Waals surface area contributed by atoms with E-state index in [1.54, 1.807) is 0 Å². The third-order valence-electron chi connectivity index (χ3n) is 2.65. The third-order valence-corrected chi connectivity index (χ3v) is 3.34. The number of carbonyl (C=O) groups is 2. The second-order valence-corrected chi connectivity index (χ2v) is 4.71. The number of nitro benzene ring substituents is 1. The lowest BCUT2D eigenvalue weighted by Gasteiger charge is -2.21. The lowest BCUT2D eigenvalue weighted by Crippen LogP contribution is -2.40. The fourth-order valence-corrected chi connectivity index (χ4v) is 1.74. The van der Waals surface area contributed by atoms with E-state index in [4.69, 9.17) is 5.11 Å². The molecule has 1 amide bonds. The van der Waals surface area contributed by atoms with E-state index in [-0.39, 0.29) is 11.3 Å². The van der Waals surface area contributed by atoms with Crippen LogP contribution in [0.3, 0.4) is 0 Å². The SMILES string of the molecule is CC(C(=O)O)N(C)C(=O)c1cc([N+](=O)[O-])ccc1Br. The molecule has 0 aliphatic heterocycles. The number of benzene rings is 1. The van der Waals surface area contributed by atoms with Crippen molar-refractivity contribution in [1.82, 2.24) is 4.90 Å². The molecular weight excluding hydrogens is 320 g/mol. The molecule has 102 valence electrons. The summed E-state index contributed by atoms with van der Waals surface area (Å²) in [6.07, 6.45) is 0. The standard InChI is InChI=1S/C11H11BrN2O5/c1-6(11(16)17)13(2)10(15)8-5-7(14(18)19)3-4-9(8)12/h3-6H,1-2H3,(H,16,17). The molecule has 0 heterocycles. The van der Waals surface area contributed by atoms with Crippen LogP contribution in [0.1, 0.15) is 17.3 Å². The van der Waals surface area contributed by atoms with Crippen LogP contribution in [0.4, 0.5) is 5.69 Å². The van der Waals surface area contributed by atoms with Gasteiger partial charge in [-0.05, 0) is 28.9 Å². The molecule has 1 aromatic rings. The van der Waals surface area contributed by atoms with Crippen LogP contribution in [-0.2, 0) is 4.79 Å². The lowest BCUT2D eigenvalue weighted by molar-refractivity contribution is -0.384. The van der Waals surface area contributed by atoms with Gasteiger partial charge in [0.05, 0.1) is 10.5 Å². The van der Waals surface area contributed by atoms with Gasteiger partial charge in [-0.15, -0.1) is 0 Å². The Kier molecular flexibility index (Phi) is 4.60. The third kappa shape index (κ3) is 3.28. The van der Waals surface area contributed by atoms with E-state index in [0.717, 1.165) is 11.0 Å². The molecule has 1 atom stereocenters. The van der Waals surface area contributed by atoms with Crippen molar-refractivity contribution in [2.75, 3.05) is 7.05 Å². The number of nitro groups is 1. The van der Waals surface area contributed by atoms with Gasteiger partial charge in [-0.25, -0.2) is 4.79 Å². The van der Waals surface area contributed by atoms with Gasteiger partial charge in [0.1, 0.15) is 6.04 Å². The molecule has 1 aromatic carbocycles. The molecule has 1 unspecified atom stereocenters. The summed E-state index contributed by atoms with van der Waals surface area (Å²) >= 11 is 3.12. The number of rotatable bonds is 4. The molecule has 0 saturated carbocycles. The van der Waals surface area contributed by atoms with Crippen molar-refractivity contribution >= 4 is 33.5 Å². The number of halogens is 1. The first kappa shape index (κ1) is 15.1. The van der Waals surface area contributed by atoms with Crippen LogP contribution in [0.5, 0.6) is 0 Å². The van der Waals surface area contributed by atoms with Crippen molar-refractivity contribution in [3.05, 3.63) is 38.3 Å². The first-order valence-electron chi connectivity index (χ1n) is 5.19. The van der Waals surface area contributed by atoms with Gasteiger partial charge in [0.2, 0.25) is 0 Å². The Labute approximate surface area is 117 Å². The van der Waals surface area contributed by atoms with Gasteiger partial charge < -0.3 is 10.0 Å². The van der Waals surface area contributed by atoms with Crippen LogP contribution < -0.4 is 0 Å². The van der Waals surface area contributed by atoms with E-state index in [0.29, 0.717) is 4.47 Å². The molecule has 0 spiro atoms. The molecule has 1 rings (SSSR count). The van der Waals surface area contributed by atoms with E-state index >= 15 is 0 Å². The smallest absolute Gasteiger partial charge is 0.326 e. The quantitative estimate of drug-likeness (QED) is 0.671. The van der Waals surface area contributed by atoms with Gasteiger partial charge in [-0.3, -0.25) is 14.9 Å². The minimum Gasteiger partial charge on any atom is -0.480 e. The van der Waals surface area contributed by atoms with Crippen LogP contribution in [0.15, 0.2) is 22.7 Å². The summed E-state index contributed by atoms with van der Waals surface area (Å²) in [5, 5.41) is 19.5. The monoisotopic (exact) mass is 330 g/mol. The Balaban J connectivity index is 3.15. The molecule has 0 saturated heterocycles. The minimum atomic E-state index is -1.16. The Hall–Kier alpha value is -1.96. The predicted molar refractivity (Wildman–Crippen MR) is 70.0 cm³/mol. The summed E-state index contributed by atoms with van der Waals surface area (Å²) in [6, 6.07) is 2.71. The van der Waals surface area contributed by atoms with Crippen LogP contribution in [0.25, 0.3) is 0 Å². The van der Waals surface area contributed by atoms with Crippen LogP contribution in [-0.4, -0.2) is 39.9 Å². The number of carboxylic acid groups (broad SMARTS) is 1. The van der Waals surface area contributed by atoms with E-state index in [2.05, 4.69) is 15.9 Å². The molecule has 0 bridgehead atoms. The summed E-state index contributed by atoms with van der Waals surface area (Å²) in [6.45, 7) is 1.35. The number of amides is 1. The van der Waals surface area contributed by atoms with Crippen molar-refractivity contribution in [3.63, 3.8) is 0 Å². The fourth-order valence-electron chi connectivity index (χ4n) is 1.32. The van der Waals surface area contributed by atoms with Crippen molar-refractivity contribution in [1.29, 1.82) is 0 Å². The predicted octanol–water partition coefficient (Wildman–Crippen LogP) is 1.90. The number of carboxylic acids is 1. The molecule has 0 aliphatic carbocycles. The minimum absolute atomic E-state index is 0.0461. The summed E-state index contributed by atoms with van der Waals surface area (Å²) in [5.41, 5.74) is -0.187. The maximum Gasteiger partial charge on any atom is 0.326 e. The highest BCUT2D eigenvalue weighted by Crippen LogP contribution is 2.24. The fraction of sp³-hybridized carbons (Fsp3) is 0.273. The van der Waals surface area contributed by atoms with Gasteiger partial charge >= 0.3 is 5.97 Å². The molecule has 19 heavy (non-hydrogen) atoms.